The highest BCUT2D eigenvalue weighted by Gasteiger charge is 2.13. The van der Waals surface area contributed by atoms with E-state index in [0.29, 0.717) is 0 Å². The zero-order chi connectivity index (χ0) is 10.0. The van der Waals surface area contributed by atoms with Gasteiger partial charge in [-0.3, -0.25) is 4.79 Å². The Labute approximate surface area is 96.5 Å². The lowest BCUT2D eigenvalue weighted by atomic mass is 10.1. The number of rotatable bonds is 2. The highest BCUT2D eigenvalue weighted by Crippen LogP contribution is 2.25. The fourth-order valence-corrected chi connectivity index (χ4v) is 1.79. The number of benzene rings is 1. The van der Waals surface area contributed by atoms with Crippen LogP contribution in [0.1, 0.15) is 10.4 Å². The Balaban J connectivity index is 3.28. The SMILES string of the molecule is O=C(CBr)c1cc(Cl)cc(F)c1Br. The molecule has 70 valence electrons. The van der Waals surface area contributed by atoms with Gasteiger partial charge in [0.05, 0.1) is 9.80 Å². The molecule has 1 aromatic rings. The van der Waals surface area contributed by atoms with Gasteiger partial charge in [0.25, 0.3) is 0 Å². The first-order valence-corrected chi connectivity index (χ1v) is 5.59. The molecule has 0 aliphatic heterocycles. The van der Waals surface area contributed by atoms with Crippen LogP contribution in [-0.4, -0.2) is 11.1 Å². The number of alkyl halides is 1. The molecule has 5 heteroatoms. The summed E-state index contributed by atoms with van der Waals surface area (Å²) in [6.45, 7) is 0. The van der Waals surface area contributed by atoms with Gasteiger partial charge >= 0.3 is 0 Å². The average molecular weight is 330 g/mol. The smallest absolute Gasteiger partial charge is 0.174 e. The fourth-order valence-electron chi connectivity index (χ4n) is 0.831. The van der Waals surface area contributed by atoms with Crippen LogP contribution in [0.4, 0.5) is 4.39 Å². The second-order valence-corrected chi connectivity index (χ2v) is 4.10. The van der Waals surface area contributed by atoms with Crippen LogP contribution in [0.5, 0.6) is 0 Å². The van der Waals surface area contributed by atoms with E-state index in [1.54, 1.807) is 0 Å². The van der Waals surface area contributed by atoms with Crippen LogP contribution >= 0.6 is 43.5 Å². The van der Waals surface area contributed by atoms with Crippen LogP contribution in [0, 0.1) is 5.82 Å². The van der Waals surface area contributed by atoms with E-state index in [0.717, 1.165) is 6.07 Å². The number of ketones is 1. The molecule has 0 amide bonds. The first kappa shape index (κ1) is 11.1. The van der Waals surface area contributed by atoms with Crippen molar-refractivity contribution < 1.29 is 9.18 Å². The van der Waals surface area contributed by atoms with Crippen molar-refractivity contribution in [3.05, 3.63) is 33.0 Å². The molecular formula is C8H4Br2ClFO. The number of hydrogen-bond donors (Lipinski definition) is 0. The Hall–Kier alpha value is 0.0700. The molecule has 0 heterocycles. The lowest BCUT2D eigenvalue weighted by molar-refractivity contribution is 0.102. The van der Waals surface area contributed by atoms with Crippen LogP contribution in [-0.2, 0) is 0 Å². The van der Waals surface area contributed by atoms with Gasteiger partial charge in [0.15, 0.2) is 5.78 Å². The molecule has 0 atom stereocenters. The maximum atomic E-state index is 13.0. The number of Topliss-reactive ketones (excluding diaryl/α,β-unsaturated/α-hetero) is 1. The third-order valence-electron chi connectivity index (χ3n) is 1.41. The minimum absolute atomic E-state index is 0.144. The molecule has 0 fully saturated rings. The van der Waals surface area contributed by atoms with Gasteiger partial charge in [-0.1, -0.05) is 27.5 Å². The summed E-state index contributed by atoms with van der Waals surface area (Å²) in [5, 5.41) is 0.357. The van der Waals surface area contributed by atoms with Crippen molar-refractivity contribution in [2.24, 2.45) is 0 Å². The van der Waals surface area contributed by atoms with Crippen molar-refractivity contribution in [2.75, 3.05) is 5.33 Å². The van der Waals surface area contributed by atoms with E-state index in [4.69, 9.17) is 11.6 Å². The molecule has 0 saturated heterocycles. The summed E-state index contributed by atoms with van der Waals surface area (Å²) < 4.78 is 13.2. The predicted octanol–water partition coefficient (Wildman–Crippen LogP) is 3.82. The van der Waals surface area contributed by atoms with E-state index in [9.17, 15) is 9.18 Å². The van der Waals surface area contributed by atoms with E-state index in [2.05, 4.69) is 31.9 Å². The summed E-state index contributed by atoms with van der Waals surface area (Å²) in [7, 11) is 0. The third kappa shape index (κ3) is 2.51. The summed E-state index contributed by atoms with van der Waals surface area (Å²) >= 11 is 11.6. The number of hydrogen-bond acceptors (Lipinski definition) is 1. The summed E-state index contributed by atoms with van der Waals surface area (Å²) in [5.41, 5.74) is 0.252. The van der Waals surface area contributed by atoms with Crippen LogP contribution in [0.2, 0.25) is 5.02 Å². The topological polar surface area (TPSA) is 17.1 Å². The van der Waals surface area contributed by atoms with Gasteiger partial charge in [-0.05, 0) is 28.1 Å². The van der Waals surface area contributed by atoms with Crippen LogP contribution in [0.15, 0.2) is 16.6 Å². The zero-order valence-corrected chi connectivity index (χ0v) is 10.2. The largest absolute Gasteiger partial charge is 0.293 e. The second-order valence-electron chi connectivity index (χ2n) is 2.31. The van der Waals surface area contributed by atoms with Crippen molar-refractivity contribution in [1.82, 2.24) is 0 Å². The molecule has 0 aliphatic rings. The molecule has 1 nitrogen and oxygen atoms in total. The van der Waals surface area contributed by atoms with Gasteiger partial charge in [0, 0.05) is 10.6 Å². The van der Waals surface area contributed by atoms with E-state index in [1.807, 2.05) is 0 Å². The molecule has 0 N–H and O–H groups in total. The lowest BCUT2D eigenvalue weighted by Gasteiger charge is -2.02. The Kier molecular flexibility index (Phi) is 3.88. The Morgan fingerprint density at radius 2 is 2.15 bits per heavy atom. The molecular weight excluding hydrogens is 326 g/mol. The average Bonchev–Trinajstić information content (AvgIpc) is 2.10. The van der Waals surface area contributed by atoms with E-state index in [1.165, 1.54) is 6.07 Å². The van der Waals surface area contributed by atoms with Gasteiger partial charge in [-0.15, -0.1) is 0 Å². The summed E-state index contributed by atoms with van der Waals surface area (Å²) in [6.07, 6.45) is 0. The van der Waals surface area contributed by atoms with Crippen molar-refractivity contribution in [1.29, 1.82) is 0 Å². The minimum atomic E-state index is -0.531. The van der Waals surface area contributed by atoms with Crippen molar-refractivity contribution in [3.63, 3.8) is 0 Å². The highest BCUT2D eigenvalue weighted by atomic mass is 79.9. The van der Waals surface area contributed by atoms with Gasteiger partial charge in [0.2, 0.25) is 0 Å². The standard InChI is InChI=1S/C8H4Br2ClFO/c9-3-7(13)5-1-4(11)2-6(12)8(5)10/h1-2H,3H2. The molecule has 0 spiro atoms. The first-order chi connectivity index (χ1) is 6.06. The van der Waals surface area contributed by atoms with Gasteiger partial charge in [0.1, 0.15) is 5.82 Å². The molecule has 0 aromatic heterocycles. The summed E-state index contributed by atoms with van der Waals surface area (Å²) in [4.78, 5) is 11.2. The maximum Gasteiger partial charge on any atom is 0.174 e. The van der Waals surface area contributed by atoms with Crippen LogP contribution in [0.3, 0.4) is 0 Å². The Morgan fingerprint density at radius 1 is 1.54 bits per heavy atom. The normalized spacial score (nSPS) is 10.2. The lowest BCUT2D eigenvalue weighted by Crippen LogP contribution is -2.02. The molecule has 0 radical (unpaired) electrons. The number of carbonyl (C=O) groups excluding carboxylic acids is 1. The van der Waals surface area contributed by atoms with E-state index in [-0.39, 0.29) is 26.2 Å². The Morgan fingerprint density at radius 3 is 2.69 bits per heavy atom. The summed E-state index contributed by atoms with van der Waals surface area (Å²) in [6, 6.07) is 2.58. The van der Waals surface area contributed by atoms with Crippen molar-refractivity contribution in [3.8, 4) is 0 Å². The third-order valence-corrected chi connectivity index (χ3v) is 2.95. The van der Waals surface area contributed by atoms with Crippen molar-refractivity contribution in [2.45, 2.75) is 0 Å². The Bertz CT molecular complexity index is 354. The van der Waals surface area contributed by atoms with Gasteiger partial charge in [-0.25, -0.2) is 4.39 Å². The minimum Gasteiger partial charge on any atom is -0.293 e. The first-order valence-electron chi connectivity index (χ1n) is 3.30. The fraction of sp³-hybridized carbons (Fsp3) is 0.125. The van der Waals surface area contributed by atoms with Crippen LogP contribution < -0.4 is 0 Å². The zero-order valence-electron chi connectivity index (χ0n) is 6.28. The van der Waals surface area contributed by atoms with Crippen molar-refractivity contribution >= 4 is 49.2 Å². The van der Waals surface area contributed by atoms with E-state index < -0.39 is 5.82 Å². The number of carbonyl (C=O) groups is 1. The van der Waals surface area contributed by atoms with Gasteiger partial charge in [-0.2, -0.15) is 0 Å². The second kappa shape index (κ2) is 4.53. The monoisotopic (exact) mass is 328 g/mol. The molecule has 0 saturated carbocycles. The number of halogens is 4. The maximum absolute atomic E-state index is 13.0. The van der Waals surface area contributed by atoms with Crippen LogP contribution in [0.25, 0.3) is 0 Å². The quantitative estimate of drug-likeness (QED) is 0.458. The molecule has 13 heavy (non-hydrogen) atoms. The summed E-state index contributed by atoms with van der Waals surface area (Å²) in [5.74, 6) is -0.745. The molecule has 1 rings (SSSR count). The molecule has 1 aromatic carbocycles. The molecule has 0 bridgehead atoms. The molecule has 0 unspecified atom stereocenters. The molecule has 0 aliphatic carbocycles. The van der Waals surface area contributed by atoms with Gasteiger partial charge < -0.3 is 0 Å². The highest BCUT2D eigenvalue weighted by molar-refractivity contribution is 9.10. The predicted molar refractivity (Wildman–Crippen MR) is 57.2 cm³/mol. The van der Waals surface area contributed by atoms with E-state index >= 15 is 0 Å².